The highest BCUT2D eigenvalue weighted by atomic mass is 19.1. The van der Waals surface area contributed by atoms with Crippen molar-refractivity contribution < 1.29 is 33.3 Å². The summed E-state index contributed by atoms with van der Waals surface area (Å²) in [5.74, 6) is -1.32. The van der Waals surface area contributed by atoms with E-state index in [0.717, 1.165) is 46.1 Å². The summed E-state index contributed by atoms with van der Waals surface area (Å²) in [6.07, 6.45) is 0.000702. The van der Waals surface area contributed by atoms with Gasteiger partial charge in [0.05, 0.1) is 38.6 Å². The topological polar surface area (TPSA) is 97.3 Å². The molecule has 43 heavy (non-hydrogen) atoms. The van der Waals surface area contributed by atoms with Crippen molar-refractivity contribution in [3.8, 4) is 22.6 Å². The molecule has 224 valence electrons. The van der Waals surface area contributed by atoms with Crippen LogP contribution in [0.2, 0.25) is 0 Å². The first-order chi connectivity index (χ1) is 20.8. The molecular formula is C34H35FN2O6. The van der Waals surface area contributed by atoms with Crippen molar-refractivity contribution in [1.29, 1.82) is 0 Å². The minimum absolute atomic E-state index is 0.000702. The number of carbonyl (C=O) groups is 2. The maximum Gasteiger partial charge on any atom is 0.326 e. The number of fused-ring (bicyclic) bond motifs is 1. The van der Waals surface area contributed by atoms with Gasteiger partial charge in [-0.05, 0) is 46.5 Å². The van der Waals surface area contributed by atoms with Gasteiger partial charge in [-0.3, -0.25) is 9.69 Å². The summed E-state index contributed by atoms with van der Waals surface area (Å²) in [7, 11) is 3.27. The van der Waals surface area contributed by atoms with Crippen LogP contribution in [-0.4, -0.2) is 68.4 Å². The van der Waals surface area contributed by atoms with Crippen LogP contribution in [0.5, 0.6) is 11.5 Å². The number of halogens is 1. The standard InChI is InChI=1S/C34H35FN2O6/c1-21-7-4-12-27(35)30(21)33(38)36-28(34(39)40)19-22-8-5-10-25-24(22)9-6-11-26(25)31-29(41-2)14-13-23(32(31)42-3)20-37-15-17-43-18-16-37/h4-14,28H,15-20H2,1-3H3,(H,36,38)(H,39,40)/t28-/m0/s1. The molecule has 0 unspecified atom stereocenters. The number of morpholine rings is 1. The van der Waals surface area contributed by atoms with Crippen molar-refractivity contribution >= 4 is 22.6 Å². The van der Waals surface area contributed by atoms with Crippen LogP contribution in [0.1, 0.15) is 27.0 Å². The summed E-state index contributed by atoms with van der Waals surface area (Å²) in [4.78, 5) is 27.6. The third kappa shape index (κ3) is 6.33. The van der Waals surface area contributed by atoms with E-state index in [4.69, 9.17) is 14.2 Å². The van der Waals surface area contributed by atoms with Gasteiger partial charge in [-0.25, -0.2) is 9.18 Å². The Hall–Kier alpha value is -4.47. The van der Waals surface area contributed by atoms with E-state index in [1.807, 2.05) is 48.5 Å². The zero-order valence-corrected chi connectivity index (χ0v) is 24.5. The molecule has 1 aliphatic rings. The number of carboxylic acids is 1. The van der Waals surface area contributed by atoms with E-state index in [9.17, 15) is 19.1 Å². The maximum atomic E-state index is 14.4. The lowest BCUT2D eigenvalue weighted by molar-refractivity contribution is -0.139. The number of nitrogens with zero attached hydrogens (tertiary/aromatic N) is 1. The molecule has 1 fully saturated rings. The van der Waals surface area contributed by atoms with Crippen LogP contribution in [-0.2, 0) is 22.5 Å². The molecular weight excluding hydrogens is 551 g/mol. The van der Waals surface area contributed by atoms with Gasteiger partial charge >= 0.3 is 5.97 Å². The number of hydrogen-bond acceptors (Lipinski definition) is 6. The molecule has 0 saturated carbocycles. The number of benzene rings is 4. The van der Waals surface area contributed by atoms with Crippen molar-refractivity contribution in [1.82, 2.24) is 10.2 Å². The first-order valence-corrected chi connectivity index (χ1v) is 14.2. The lowest BCUT2D eigenvalue weighted by Crippen LogP contribution is -2.42. The fraction of sp³-hybridized carbons (Fsp3) is 0.294. The van der Waals surface area contributed by atoms with Crippen LogP contribution in [0.4, 0.5) is 4.39 Å². The smallest absolute Gasteiger partial charge is 0.326 e. The van der Waals surface area contributed by atoms with Crippen LogP contribution in [0.25, 0.3) is 21.9 Å². The van der Waals surface area contributed by atoms with Gasteiger partial charge < -0.3 is 24.6 Å². The number of hydrogen-bond donors (Lipinski definition) is 2. The van der Waals surface area contributed by atoms with E-state index in [0.29, 0.717) is 36.8 Å². The highest BCUT2D eigenvalue weighted by Crippen LogP contribution is 2.44. The fourth-order valence-corrected chi connectivity index (χ4v) is 5.73. The first-order valence-electron chi connectivity index (χ1n) is 14.2. The second-order valence-corrected chi connectivity index (χ2v) is 10.5. The molecule has 1 heterocycles. The Morgan fingerprint density at radius 3 is 2.37 bits per heavy atom. The Labute approximate surface area is 250 Å². The van der Waals surface area contributed by atoms with Gasteiger partial charge in [-0.1, -0.05) is 54.6 Å². The number of methoxy groups -OCH3 is 2. The van der Waals surface area contributed by atoms with Crippen molar-refractivity contribution in [2.75, 3.05) is 40.5 Å². The summed E-state index contributed by atoms with van der Waals surface area (Å²) >= 11 is 0. The Morgan fingerprint density at radius 2 is 1.67 bits per heavy atom. The van der Waals surface area contributed by atoms with Crippen LogP contribution < -0.4 is 14.8 Å². The van der Waals surface area contributed by atoms with Crippen molar-refractivity contribution in [2.24, 2.45) is 0 Å². The maximum absolute atomic E-state index is 14.4. The SMILES string of the molecule is COc1ccc(CN2CCOCC2)c(OC)c1-c1cccc2c(C[C@H](NC(=O)c3c(C)cccc3F)C(=O)O)cccc12. The minimum Gasteiger partial charge on any atom is -0.496 e. The van der Waals surface area contributed by atoms with Crippen LogP contribution in [0, 0.1) is 12.7 Å². The summed E-state index contributed by atoms with van der Waals surface area (Å²) in [5, 5.41) is 14.2. The molecule has 2 N–H and O–H groups in total. The van der Waals surface area contributed by atoms with Crippen LogP contribution in [0.3, 0.4) is 0 Å². The van der Waals surface area contributed by atoms with E-state index < -0.39 is 23.7 Å². The van der Waals surface area contributed by atoms with Gasteiger partial charge in [0.15, 0.2) is 0 Å². The van der Waals surface area contributed by atoms with Crippen molar-refractivity contribution in [3.63, 3.8) is 0 Å². The van der Waals surface area contributed by atoms with Gasteiger partial charge in [0.1, 0.15) is 23.4 Å². The molecule has 9 heteroatoms. The molecule has 0 bridgehead atoms. The molecule has 4 aromatic carbocycles. The van der Waals surface area contributed by atoms with Gasteiger partial charge in [0, 0.05) is 31.6 Å². The molecule has 0 aliphatic carbocycles. The largest absolute Gasteiger partial charge is 0.496 e. The second kappa shape index (κ2) is 13.2. The third-order valence-electron chi connectivity index (χ3n) is 7.88. The summed E-state index contributed by atoms with van der Waals surface area (Å²) in [6, 6.07) is 18.5. The monoisotopic (exact) mass is 586 g/mol. The molecule has 8 nitrogen and oxygen atoms in total. The molecule has 0 aromatic heterocycles. The number of carboxylic acid groups (broad SMARTS) is 1. The zero-order chi connectivity index (χ0) is 30.5. The third-order valence-corrected chi connectivity index (χ3v) is 7.88. The lowest BCUT2D eigenvalue weighted by Gasteiger charge is -2.28. The minimum atomic E-state index is -1.28. The van der Waals surface area contributed by atoms with Crippen molar-refractivity contribution in [3.05, 3.63) is 94.8 Å². The van der Waals surface area contributed by atoms with E-state index >= 15 is 0 Å². The number of rotatable bonds is 10. The Balaban J connectivity index is 1.53. The number of aryl methyl sites for hydroxylation is 1. The summed E-state index contributed by atoms with van der Waals surface area (Å²) in [5.41, 5.74) is 3.68. The van der Waals surface area contributed by atoms with Gasteiger partial charge in [0.2, 0.25) is 0 Å². The average molecular weight is 587 g/mol. The summed E-state index contributed by atoms with van der Waals surface area (Å²) < 4.78 is 31.7. The zero-order valence-electron chi connectivity index (χ0n) is 24.5. The average Bonchev–Trinajstić information content (AvgIpc) is 3.00. The molecule has 0 radical (unpaired) electrons. The highest BCUT2D eigenvalue weighted by molar-refractivity contribution is 6.02. The van der Waals surface area contributed by atoms with E-state index in [1.165, 1.54) is 12.1 Å². The molecule has 1 amide bonds. The number of nitrogens with one attached hydrogen (secondary N) is 1. The number of amides is 1. The number of ether oxygens (including phenoxy) is 3. The normalized spacial score (nSPS) is 14.3. The van der Waals surface area contributed by atoms with E-state index in [1.54, 1.807) is 27.2 Å². The fourth-order valence-electron chi connectivity index (χ4n) is 5.73. The predicted octanol–water partition coefficient (Wildman–Crippen LogP) is 5.23. The quantitative estimate of drug-likeness (QED) is 0.263. The predicted molar refractivity (Wildman–Crippen MR) is 162 cm³/mol. The highest BCUT2D eigenvalue weighted by Gasteiger charge is 2.26. The molecule has 0 spiro atoms. The molecule has 5 rings (SSSR count). The van der Waals surface area contributed by atoms with E-state index in [-0.39, 0.29) is 12.0 Å². The number of carbonyl (C=O) groups excluding carboxylic acids is 1. The van der Waals surface area contributed by atoms with Crippen LogP contribution in [0.15, 0.2) is 66.7 Å². The lowest BCUT2D eigenvalue weighted by atomic mass is 9.91. The van der Waals surface area contributed by atoms with Gasteiger partial charge in [0.25, 0.3) is 5.91 Å². The Kier molecular flexibility index (Phi) is 9.23. The first kappa shape index (κ1) is 30.0. The number of aliphatic carboxylic acids is 1. The van der Waals surface area contributed by atoms with E-state index in [2.05, 4.69) is 10.2 Å². The molecule has 1 aliphatic heterocycles. The van der Waals surface area contributed by atoms with Crippen molar-refractivity contribution in [2.45, 2.75) is 25.9 Å². The second-order valence-electron chi connectivity index (χ2n) is 10.5. The van der Waals surface area contributed by atoms with Gasteiger partial charge in [-0.15, -0.1) is 0 Å². The summed E-state index contributed by atoms with van der Waals surface area (Å²) in [6.45, 7) is 5.35. The van der Waals surface area contributed by atoms with Crippen LogP contribution >= 0.6 is 0 Å². The molecule has 4 aromatic rings. The molecule has 1 saturated heterocycles. The Morgan fingerprint density at radius 1 is 0.953 bits per heavy atom. The van der Waals surface area contributed by atoms with Gasteiger partial charge in [-0.2, -0.15) is 0 Å². The molecule has 1 atom stereocenters. The Bertz CT molecular complexity index is 1630.